The molecule has 1 aromatic heterocycles. The third kappa shape index (κ3) is 6.23. The topological polar surface area (TPSA) is 111 Å². The molecule has 2 N–H and O–H groups in total. The number of sulfonamides is 1. The molecule has 1 amide bonds. The molecule has 8 nitrogen and oxygen atoms in total. The first-order chi connectivity index (χ1) is 12.8. The number of hydrogen-bond donors (Lipinski definition) is 2. The molecule has 0 radical (unpaired) electrons. The maximum Gasteiger partial charge on any atom is 0.246 e. The quantitative estimate of drug-likeness (QED) is 0.575. The Bertz CT molecular complexity index is 863. The molecule has 148 valence electrons. The molecule has 0 aliphatic heterocycles. The first kappa shape index (κ1) is 21.2. The number of amides is 1. The van der Waals surface area contributed by atoms with E-state index in [0.29, 0.717) is 29.5 Å². The molecule has 0 atom stereocenters. The van der Waals surface area contributed by atoms with Crippen LogP contribution in [0.4, 0.5) is 0 Å². The zero-order valence-electron chi connectivity index (χ0n) is 15.1. The average Bonchev–Trinajstić information content (AvgIpc) is 2.96. The summed E-state index contributed by atoms with van der Waals surface area (Å²) in [6, 6.07) is 7.11. The van der Waals surface area contributed by atoms with Crippen LogP contribution >= 0.6 is 11.6 Å². The average molecular weight is 416 g/mol. The summed E-state index contributed by atoms with van der Waals surface area (Å²) in [5.74, 6) is 0.616. The van der Waals surface area contributed by atoms with E-state index in [0.717, 1.165) is 0 Å². The Morgan fingerprint density at radius 2 is 2.00 bits per heavy atom. The van der Waals surface area contributed by atoms with Gasteiger partial charge in [0.1, 0.15) is 16.3 Å². The Balaban J connectivity index is 1.64. The van der Waals surface area contributed by atoms with Crippen LogP contribution in [-0.4, -0.2) is 39.2 Å². The van der Waals surface area contributed by atoms with Crippen molar-refractivity contribution >= 4 is 27.5 Å². The minimum atomic E-state index is -3.72. The lowest BCUT2D eigenvalue weighted by Crippen LogP contribution is -2.35. The van der Waals surface area contributed by atoms with Crippen LogP contribution < -0.4 is 14.8 Å². The third-order valence-electron chi connectivity index (χ3n) is 3.62. The van der Waals surface area contributed by atoms with Crippen LogP contribution in [0.5, 0.6) is 5.75 Å². The van der Waals surface area contributed by atoms with E-state index in [1.54, 1.807) is 19.1 Å². The van der Waals surface area contributed by atoms with Crippen LogP contribution in [0.3, 0.4) is 0 Å². The van der Waals surface area contributed by atoms with E-state index in [1.165, 1.54) is 6.92 Å². The smallest absolute Gasteiger partial charge is 0.246 e. The number of nitrogens with zero attached hydrogens (tertiary/aromatic N) is 1. The predicted molar refractivity (Wildman–Crippen MR) is 100 cm³/mol. The Labute approximate surface area is 163 Å². The van der Waals surface area contributed by atoms with Crippen molar-refractivity contribution in [1.82, 2.24) is 15.2 Å². The van der Waals surface area contributed by atoms with Gasteiger partial charge in [-0.15, -0.1) is 0 Å². The van der Waals surface area contributed by atoms with Crippen molar-refractivity contribution in [2.24, 2.45) is 0 Å². The van der Waals surface area contributed by atoms with Crippen molar-refractivity contribution in [1.29, 1.82) is 0 Å². The summed E-state index contributed by atoms with van der Waals surface area (Å²) in [5.41, 5.74) is 0.294. The minimum absolute atomic E-state index is 0.0329. The molecule has 0 bridgehead atoms. The molecule has 0 saturated carbocycles. The summed E-state index contributed by atoms with van der Waals surface area (Å²) in [6.45, 7) is 3.68. The van der Waals surface area contributed by atoms with Gasteiger partial charge >= 0.3 is 0 Å². The summed E-state index contributed by atoms with van der Waals surface area (Å²) in [7, 11) is -3.72. The highest BCUT2D eigenvalue weighted by atomic mass is 35.5. The zero-order chi connectivity index (χ0) is 19.9. The molecule has 0 saturated heterocycles. The fraction of sp³-hybridized carbons (Fsp3) is 0.412. The predicted octanol–water partition coefficient (Wildman–Crippen LogP) is 2.20. The van der Waals surface area contributed by atoms with Gasteiger partial charge in [-0.05, 0) is 32.4 Å². The second-order valence-electron chi connectivity index (χ2n) is 5.78. The normalized spacial score (nSPS) is 11.4. The number of para-hydroxylation sites is 1. The number of halogens is 1. The number of hydrogen-bond acceptors (Lipinski definition) is 6. The first-order valence-electron chi connectivity index (χ1n) is 8.38. The van der Waals surface area contributed by atoms with Gasteiger partial charge in [-0.3, -0.25) is 4.79 Å². The summed E-state index contributed by atoms with van der Waals surface area (Å²) >= 11 is 5.97. The molecule has 1 aromatic carbocycles. The van der Waals surface area contributed by atoms with Gasteiger partial charge < -0.3 is 14.6 Å². The van der Waals surface area contributed by atoms with Gasteiger partial charge in [-0.1, -0.05) is 28.9 Å². The van der Waals surface area contributed by atoms with Crippen molar-refractivity contribution in [3.63, 3.8) is 0 Å². The lowest BCUT2D eigenvalue weighted by molar-refractivity contribution is -0.121. The van der Waals surface area contributed by atoms with Gasteiger partial charge in [0.25, 0.3) is 0 Å². The standard InChI is InChI=1S/C17H22ClN3O5S/c1-12-17(13(2)26-21-12)27(23,24)20-10-9-19-16(22)8-5-11-25-15-7-4-3-6-14(15)18/h3-4,6-7,20H,5,8-11H2,1-2H3,(H,19,22). The van der Waals surface area contributed by atoms with Crippen molar-refractivity contribution in [3.05, 3.63) is 40.7 Å². The number of carbonyl (C=O) groups excluding carboxylic acids is 1. The van der Waals surface area contributed by atoms with Crippen LogP contribution in [0.1, 0.15) is 24.3 Å². The van der Waals surface area contributed by atoms with E-state index in [-0.39, 0.29) is 36.1 Å². The van der Waals surface area contributed by atoms with Gasteiger partial charge in [0.05, 0.1) is 11.6 Å². The number of aromatic nitrogens is 1. The Kier molecular flexibility index (Phi) is 7.64. The fourth-order valence-corrected chi connectivity index (χ4v) is 3.93. The number of rotatable bonds is 10. The highest BCUT2D eigenvalue weighted by Gasteiger charge is 2.23. The molecule has 2 aromatic rings. The molecule has 10 heteroatoms. The van der Waals surface area contributed by atoms with Crippen molar-refractivity contribution in [2.45, 2.75) is 31.6 Å². The molecule has 0 aliphatic carbocycles. The fourth-order valence-electron chi connectivity index (χ4n) is 2.38. The molecule has 0 fully saturated rings. The van der Waals surface area contributed by atoms with Crippen molar-refractivity contribution in [2.75, 3.05) is 19.7 Å². The van der Waals surface area contributed by atoms with E-state index in [1.807, 2.05) is 12.1 Å². The zero-order valence-corrected chi connectivity index (χ0v) is 16.7. The number of ether oxygens (including phenoxy) is 1. The SMILES string of the molecule is Cc1noc(C)c1S(=O)(=O)NCCNC(=O)CCCOc1ccccc1Cl. The van der Waals surface area contributed by atoms with Crippen molar-refractivity contribution in [3.8, 4) is 5.75 Å². The Hall–Kier alpha value is -2.10. The van der Waals surface area contributed by atoms with E-state index < -0.39 is 10.0 Å². The van der Waals surface area contributed by atoms with Crippen LogP contribution in [0.25, 0.3) is 0 Å². The third-order valence-corrected chi connectivity index (χ3v) is 5.63. The summed E-state index contributed by atoms with van der Waals surface area (Å²) < 4.78 is 37.2. The lowest BCUT2D eigenvalue weighted by atomic mass is 10.3. The second kappa shape index (κ2) is 9.72. The summed E-state index contributed by atoms with van der Waals surface area (Å²) in [4.78, 5) is 11.8. The molecule has 1 heterocycles. The maximum atomic E-state index is 12.2. The van der Waals surface area contributed by atoms with E-state index >= 15 is 0 Å². The highest BCUT2D eigenvalue weighted by Crippen LogP contribution is 2.23. The monoisotopic (exact) mass is 415 g/mol. The Morgan fingerprint density at radius 3 is 2.67 bits per heavy atom. The summed E-state index contributed by atoms with van der Waals surface area (Å²) in [5, 5.41) is 6.80. The van der Waals surface area contributed by atoms with Crippen LogP contribution in [0.15, 0.2) is 33.7 Å². The highest BCUT2D eigenvalue weighted by molar-refractivity contribution is 7.89. The second-order valence-corrected chi connectivity index (χ2v) is 7.89. The molecule has 2 rings (SSSR count). The molecular formula is C17H22ClN3O5S. The first-order valence-corrected chi connectivity index (χ1v) is 10.2. The minimum Gasteiger partial charge on any atom is -0.492 e. The van der Waals surface area contributed by atoms with Crippen LogP contribution in [-0.2, 0) is 14.8 Å². The number of carbonyl (C=O) groups is 1. The summed E-state index contributed by atoms with van der Waals surface area (Å²) in [6.07, 6.45) is 0.781. The van der Waals surface area contributed by atoms with Gasteiger partial charge in [0.2, 0.25) is 15.9 Å². The van der Waals surface area contributed by atoms with E-state index in [2.05, 4.69) is 15.2 Å². The van der Waals surface area contributed by atoms with Crippen LogP contribution in [0, 0.1) is 13.8 Å². The molecule has 0 spiro atoms. The molecular weight excluding hydrogens is 394 g/mol. The Morgan fingerprint density at radius 1 is 1.26 bits per heavy atom. The number of aryl methyl sites for hydroxylation is 2. The van der Waals surface area contributed by atoms with E-state index in [9.17, 15) is 13.2 Å². The van der Waals surface area contributed by atoms with Crippen LogP contribution in [0.2, 0.25) is 5.02 Å². The maximum absolute atomic E-state index is 12.2. The van der Waals surface area contributed by atoms with Gasteiger partial charge in [0, 0.05) is 19.5 Å². The molecule has 0 aliphatic rings. The molecule has 27 heavy (non-hydrogen) atoms. The molecule has 0 unspecified atom stereocenters. The van der Waals surface area contributed by atoms with Gasteiger partial charge in [-0.2, -0.15) is 0 Å². The van der Waals surface area contributed by atoms with Gasteiger partial charge in [0.15, 0.2) is 5.76 Å². The number of benzene rings is 1. The largest absolute Gasteiger partial charge is 0.492 e. The van der Waals surface area contributed by atoms with Crippen molar-refractivity contribution < 1.29 is 22.5 Å². The van der Waals surface area contributed by atoms with E-state index in [4.69, 9.17) is 20.9 Å². The van der Waals surface area contributed by atoms with Gasteiger partial charge in [-0.25, -0.2) is 13.1 Å². The lowest BCUT2D eigenvalue weighted by Gasteiger charge is -2.09. The number of nitrogens with one attached hydrogen (secondary N) is 2.